The van der Waals surface area contributed by atoms with E-state index in [1.54, 1.807) is 36.0 Å². The zero-order chi connectivity index (χ0) is 20.2. The van der Waals surface area contributed by atoms with E-state index in [2.05, 4.69) is 15.3 Å². The molecule has 8 nitrogen and oxygen atoms in total. The molecular formula is C20H21N5O3S. The highest BCUT2D eigenvalue weighted by Gasteiger charge is 2.27. The van der Waals surface area contributed by atoms with Crippen molar-refractivity contribution in [3.05, 3.63) is 53.3 Å². The van der Waals surface area contributed by atoms with Gasteiger partial charge in [-0.25, -0.2) is 4.79 Å². The monoisotopic (exact) mass is 411 g/mol. The number of carboxylic acid groups (broad SMARTS) is 1. The lowest BCUT2D eigenvalue weighted by Gasteiger charge is -2.17. The van der Waals surface area contributed by atoms with Gasteiger partial charge in [-0.2, -0.15) is 0 Å². The first-order valence-corrected chi connectivity index (χ1v) is 10.4. The summed E-state index contributed by atoms with van der Waals surface area (Å²) in [7, 11) is 0. The Kier molecular flexibility index (Phi) is 5.66. The molecule has 1 aliphatic rings. The topological polar surface area (TPSA) is 101 Å². The first-order chi connectivity index (χ1) is 14.1. The molecule has 9 heteroatoms. The zero-order valence-electron chi connectivity index (χ0n) is 15.8. The van der Waals surface area contributed by atoms with Crippen LogP contribution in [0.15, 0.2) is 42.2 Å². The third-order valence-electron chi connectivity index (χ3n) is 5.16. The molecular weight excluding hydrogens is 390 g/mol. The van der Waals surface area contributed by atoms with E-state index in [1.165, 1.54) is 11.3 Å². The van der Waals surface area contributed by atoms with Crippen LogP contribution in [0.4, 0.5) is 0 Å². The molecule has 1 atom stereocenters. The van der Waals surface area contributed by atoms with E-state index in [9.17, 15) is 14.7 Å². The van der Waals surface area contributed by atoms with Gasteiger partial charge in [0.05, 0.1) is 22.1 Å². The maximum Gasteiger partial charge on any atom is 0.335 e. The van der Waals surface area contributed by atoms with Crippen LogP contribution in [0.1, 0.15) is 28.8 Å². The lowest BCUT2D eigenvalue weighted by molar-refractivity contribution is -0.130. The standard InChI is InChI=1S/C20H21N5O3S/c26-19(6-5-15-3-1-2-4-16(15)20(27)28)24-8-7-14(10-24)11-25-12-17(22-23-25)18-9-21-13-29-18/h1-4,9,12-14H,5-8,10-11H2,(H,27,28). The lowest BCUT2D eigenvalue weighted by Crippen LogP contribution is -2.29. The Hall–Kier alpha value is -3.07. The number of likely N-dealkylation sites (tertiary alicyclic amines) is 1. The summed E-state index contributed by atoms with van der Waals surface area (Å²) in [5, 5.41) is 17.7. The summed E-state index contributed by atoms with van der Waals surface area (Å²) in [4.78, 5) is 30.8. The fourth-order valence-electron chi connectivity index (χ4n) is 3.66. The molecule has 1 aromatic carbocycles. The molecule has 0 radical (unpaired) electrons. The van der Waals surface area contributed by atoms with Crippen molar-refractivity contribution >= 4 is 23.2 Å². The molecule has 0 saturated carbocycles. The number of aromatic nitrogens is 4. The summed E-state index contributed by atoms with van der Waals surface area (Å²) in [6.45, 7) is 2.13. The molecule has 29 heavy (non-hydrogen) atoms. The Morgan fingerprint density at radius 3 is 2.93 bits per heavy atom. The summed E-state index contributed by atoms with van der Waals surface area (Å²) in [5.74, 6) is -0.558. The largest absolute Gasteiger partial charge is 0.478 e. The van der Waals surface area contributed by atoms with Crippen molar-refractivity contribution in [2.75, 3.05) is 13.1 Å². The number of aryl methyl sites for hydroxylation is 1. The van der Waals surface area contributed by atoms with Crippen molar-refractivity contribution in [3.8, 4) is 10.6 Å². The predicted molar refractivity (Wildman–Crippen MR) is 108 cm³/mol. The predicted octanol–water partition coefficient (Wildman–Crippen LogP) is 2.58. The number of carbonyl (C=O) groups is 2. The Balaban J connectivity index is 1.29. The van der Waals surface area contributed by atoms with Crippen molar-refractivity contribution in [1.29, 1.82) is 0 Å². The van der Waals surface area contributed by atoms with Crippen molar-refractivity contribution in [2.24, 2.45) is 5.92 Å². The van der Waals surface area contributed by atoms with Gasteiger partial charge in [0.1, 0.15) is 5.69 Å². The van der Waals surface area contributed by atoms with E-state index >= 15 is 0 Å². The Labute approximate surface area is 171 Å². The summed E-state index contributed by atoms with van der Waals surface area (Å²) < 4.78 is 1.83. The van der Waals surface area contributed by atoms with Crippen molar-refractivity contribution in [1.82, 2.24) is 24.9 Å². The smallest absolute Gasteiger partial charge is 0.335 e. The number of hydrogen-bond acceptors (Lipinski definition) is 6. The fourth-order valence-corrected chi connectivity index (χ4v) is 4.23. The van der Waals surface area contributed by atoms with E-state index in [-0.39, 0.29) is 11.5 Å². The highest BCUT2D eigenvalue weighted by molar-refractivity contribution is 7.13. The lowest BCUT2D eigenvalue weighted by atomic mass is 10.0. The average Bonchev–Trinajstić information content (AvgIpc) is 3.48. The van der Waals surface area contributed by atoms with Gasteiger partial charge in [0, 0.05) is 32.3 Å². The van der Waals surface area contributed by atoms with Gasteiger partial charge in [-0.15, -0.1) is 16.4 Å². The highest BCUT2D eigenvalue weighted by Crippen LogP contribution is 2.23. The van der Waals surface area contributed by atoms with E-state index in [0.717, 1.165) is 30.1 Å². The zero-order valence-corrected chi connectivity index (χ0v) is 16.6. The van der Waals surface area contributed by atoms with Crippen LogP contribution in [0.25, 0.3) is 10.6 Å². The summed E-state index contributed by atoms with van der Waals surface area (Å²) in [6, 6.07) is 6.85. The average molecular weight is 411 g/mol. The maximum atomic E-state index is 12.6. The number of carbonyl (C=O) groups excluding carboxylic acids is 1. The number of benzene rings is 1. The third-order valence-corrected chi connectivity index (χ3v) is 5.96. The van der Waals surface area contributed by atoms with Crippen molar-refractivity contribution in [3.63, 3.8) is 0 Å². The second kappa shape index (κ2) is 8.52. The van der Waals surface area contributed by atoms with Crippen molar-refractivity contribution < 1.29 is 14.7 Å². The number of nitrogens with zero attached hydrogens (tertiary/aromatic N) is 5. The van der Waals surface area contributed by atoms with Crippen LogP contribution in [-0.2, 0) is 17.8 Å². The number of amides is 1. The first-order valence-electron chi connectivity index (χ1n) is 9.48. The van der Waals surface area contributed by atoms with E-state index in [1.807, 2.05) is 15.8 Å². The molecule has 1 amide bonds. The molecule has 3 aromatic rings. The third kappa shape index (κ3) is 4.51. The molecule has 1 saturated heterocycles. The first kappa shape index (κ1) is 19.3. The number of hydrogen-bond donors (Lipinski definition) is 1. The number of aromatic carboxylic acids is 1. The molecule has 1 fully saturated rings. The highest BCUT2D eigenvalue weighted by atomic mass is 32.1. The van der Waals surface area contributed by atoms with Crippen LogP contribution in [-0.4, -0.2) is 55.0 Å². The normalized spacial score (nSPS) is 16.3. The van der Waals surface area contributed by atoms with Crippen LogP contribution >= 0.6 is 11.3 Å². The molecule has 1 N–H and O–H groups in total. The van der Waals surface area contributed by atoms with E-state index in [4.69, 9.17) is 0 Å². The number of thiazole rings is 1. The fraction of sp³-hybridized carbons (Fsp3) is 0.350. The molecule has 0 bridgehead atoms. The Bertz CT molecular complexity index is 1000. The maximum absolute atomic E-state index is 12.6. The van der Waals surface area contributed by atoms with E-state index < -0.39 is 5.97 Å². The van der Waals surface area contributed by atoms with Gasteiger partial charge in [0.2, 0.25) is 5.91 Å². The van der Waals surface area contributed by atoms with Gasteiger partial charge >= 0.3 is 5.97 Å². The Morgan fingerprint density at radius 1 is 1.28 bits per heavy atom. The minimum atomic E-state index is -0.959. The number of carboxylic acids is 1. The minimum absolute atomic E-state index is 0.0663. The van der Waals surface area contributed by atoms with E-state index in [0.29, 0.717) is 30.9 Å². The molecule has 3 heterocycles. The second-order valence-electron chi connectivity index (χ2n) is 7.15. The molecule has 2 aromatic heterocycles. The minimum Gasteiger partial charge on any atom is -0.478 e. The van der Waals surface area contributed by atoms with Gasteiger partial charge in [-0.3, -0.25) is 14.5 Å². The molecule has 4 rings (SSSR count). The van der Waals surface area contributed by atoms with Crippen LogP contribution in [0.5, 0.6) is 0 Å². The summed E-state index contributed by atoms with van der Waals surface area (Å²) >= 11 is 1.53. The van der Waals surface area contributed by atoms with Crippen LogP contribution in [0.2, 0.25) is 0 Å². The SMILES string of the molecule is O=C(O)c1ccccc1CCC(=O)N1CCC(Cn2cc(-c3cncs3)nn2)C1. The van der Waals surface area contributed by atoms with Gasteiger partial charge < -0.3 is 10.0 Å². The van der Waals surface area contributed by atoms with Gasteiger partial charge in [0.25, 0.3) is 0 Å². The molecule has 150 valence electrons. The molecule has 0 spiro atoms. The molecule has 1 unspecified atom stereocenters. The second-order valence-corrected chi connectivity index (χ2v) is 8.03. The summed E-state index contributed by atoms with van der Waals surface area (Å²) in [5.41, 5.74) is 3.55. The molecule has 1 aliphatic heterocycles. The molecule has 0 aliphatic carbocycles. The number of rotatable bonds is 7. The van der Waals surface area contributed by atoms with Gasteiger partial charge in [-0.1, -0.05) is 23.4 Å². The summed E-state index contributed by atoms with van der Waals surface area (Å²) in [6.07, 6.45) is 5.37. The van der Waals surface area contributed by atoms with Crippen LogP contribution < -0.4 is 0 Å². The van der Waals surface area contributed by atoms with Crippen LogP contribution in [0.3, 0.4) is 0 Å². The quantitative estimate of drug-likeness (QED) is 0.641. The van der Waals surface area contributed by atoms with Crippen molar-refractivity contribution in [2.45, 2.75) is 25.8 Å². The van der Waals surface area contributed by atoms with Gasteiger partial charge in [0.15, 0.2) is 0 Å². The van der Waals surface area contributed by atoms with Crippen LogP contribution in [0, 0.1) is 5.92 Å². The Morgan fingerprint density at radius 2 is 2.14 bits per heavy atom. The van der Waals surface area contributed by atoms with Gasteiger partial charge in [-0.05, 0) is 30.4 Å².